The number of hydrogen-bond donors (Lipinski definition) is 1. The fraction of sp³-hybridized carbons (Fsp3) is 0.600. The van der Waals surface area contributed by atoms with Crippen LogP contribution >= 0.6 is 15.9 Å². The summed E-state index contributed by atoms with van der Waals surface area (Å²) in [4.78, 5) is 2.53. The number of nitrogens with one attached hydrogen (secondary N) is 1. The minimum atomic E-state index is 0.824. The molecule has 0 aliphatic carbocycles. The molecular weight excluding hydrogens is 288 g/mol. The highest BCUT2D eigenvalue weighted by atomic mass is 79.9. The van der Waals surface area contributed by atoms with E-state index in [1.165, 1.54) is 41.7 Å². The summed E-state index contributed by atoms with van der Waals surface area (Å²) < 4.78 is 1.17. The largest absolute Gasteiger partial charge is 0.371 e. The zero-order valence-electron chi connectivity index (χ0n) is 11.4. The predicted octanol–water partition coefficient (Wildman–Crippen LogP) is 3.79. The average Bonchev–Trinajstić information content (AvgIpc) is 2.76. The molecule has 1 aromatic rings. The lowest BCUT2D eigenvalue weighted by atomic mass is 10.1. The van der Waals surface area contributed by atoms with Crippen molar-refractivity contribution in [1.82, 2.24) is 5.32 Å². The fourth-order valence-electron chi connectivity index (χ4n) is 2.56. The highest BCUT2D eigenvalue weighted by Crippen LogP contribution is 2.29. The highest BCUT2D eigenvalue weighted by Gasteiger charge is 2.20. The Kier molecular flexibility index (Phi) is 5.07. The molecule has 1 saturated heterocycles. The van der Waals surface area contributed by atoms with E-state index < -0.39 is 0 Å². The van der Waals surface area contributed by atoms with Crippen molar-refractivity contribution in [3.8, 4) is 0 Å². The number of nitrogens with zero attached hydrogens (tertiary/aromatic N) is 1. The summed E-state index contributed by atoms with van der Waals surface area (Å²) in [5.41, 5.74) is 2.82. The molecule has 1 unspecified atom stereocenters. The molecule has 1 aliphatic heterocycles. The quantitative estimate of drug-likeness (QED) is 0.832. The molecule has 2 rings (SSSR count). The van der Waals surface area contributed by atoms with E-state index in [0.29, 0.717) is 0 Å². The van der Waals surface area contributed by atoms with Gasteiger partial charge in [0.15, 0.2) is 0 Å². The number of rotatable bonds is 5. The molecule has 0 amide bonds. The Labute approximate surface area is 119 Å². The molecule has 1 N–H and O–H groups in total. The van der Waals surface area contributed by atoms with Crippen LogP contribution < -0.4 is 10.2 Å². The van der Waals surface area contributed by atoms with Gasteiger partial charge in [-0.3, -0.25) is 0 Å². The molecule has 1 fully saturated rings. The molecule has 0 bridgehead atoms. The van der Waals surface area contributed by atoms with Gasteiger partial charge in [-0.2, -0.15) is 0 Å². The Morgan fingerprint density at radius 2 is 2.28 bits per heavy atom. The van der Waals surface area contributed by atoms with Gasteiger partial charge < -0.3 is 10.2 Å². The van der Waals surface area contributed by atoms with Gasteiger partial charge in [-0.05, 0) is 49.1 Å². The number of hydrogen-bond acceptors (Lipinski definition) is 2. The van der Waals surface area contributed by atoms with Crippen molar-refractivity contribution in [2.45, 2.75) is 33.2 Å². The topological polar surface area (TPSA) is 15.3 Å². The zero-order valence-corrected chi connectivity index (χ0v) is 13.0. The average molecular weight is 311 g/mol. The molecule has 1 aliphatic rings. The third-order valence-corrected chi connectivity index (χ3v) is 4.04. The third-order valence-electron chi connectivity index (χ3n) is 3.55. The summed E-state index contributed by atoms with van der Waals surface area (Å²) in [6.07, 6.45) is 2.50. The van der Waals surface area contributed by atoms with Crippen LogP contribution in [0.4, 0.5) is 5.69 Å². The first-order valence-corrected chi connectivity index (χ1v) is 7.74. The minimum Gasteiger partial charge on any atom is -0.371 e. The maximum absolute atomic E-state index is 3.58. The summed E-state index contributed by atoms with van der Waals surface area (Å²) in [5.74, 6) is 0.824. The van der Waals surface area contributed by atoms with E-state index in [1.807, 2.05) is 0 Å². The Balaban J connectivity index is 2.12. The Bertz CT molecular complexity index is 392. The fourth-order valence-corrected chi connectivity index (χ4v) is 2.97. The first-order chi connectivity index (χ1) is 8.70. The van der Waals surface area contributed by atoms with Crippen LogP contribution in [0.15, 0.2) is 22.7 Å². The van der Waals surface area contributed by atoms with Gasteiger partial charge in [0.05, 0.1) is 0 Å². The van der Waals surface area contributed by atoms with Crippen molar-refractivity contribution in [3.63, 3.8) is 0 Å². The first-order valence-electron chi connectivity index (χ1n) is 6.94. The molecule has 2 nitrogen and oxygen atoms in total. The van der Waals surface area contributed by atoms with E-state index >= 15 is 0 Å². The van der Waals surface area contributed by atoms with E-state index in [9.17, 15) is 0 Å². The van der Waals surface area contributed by atoms with Gasteiger partial charge in [-0.1, -0.05) is 29.8 Å². The predicted molar refractivity (Wildman–Crippen MR) is 82.1 cm³/mol. The Hall–Kier alpha value is -0.540. The zero-order chi connectivity index (χ0) is 13.0. The summed E-state index contributed by atoms with van der Waals surface area (Å²) in [6, 6.07) is 6.66. The Morgan fingerprint density at radius 3 is 2.94 bits per heavy atom. The van der Waals surface area contributed by atoms with Crippen molar-refractivity contribution in [3.05, 3.63) is 28.2 Å². The van der Waals surface area contributed by atoms with Gasteiger partial charge in [-0.15, -0.1) is 0 Å². The maximum Gasteiger partial charge on any atom is 0.0412 e. The lowest BCUT2D eigenvalue weighted by Crippen LogP contribution is -2.23. The number of benzene rings is 1. The highest BCUT2D eigenvalue weighted by molar-refractivity contribution is 9.10. The summed E-state index contributed by atoms with van der Waals surface area (Å²) in [7, 11) is 0. The molecule has 0 spiro atoms. The lowest BCUT2D eigenvalue weighted by Gasteiger charge is -2.22. The van der Waals surface area contributed by atoms with E-state index in [0.717, 1.165) is 19.0 Å². The van der Waals surface area contributed by atoms with Crippen LogP contribution in [0.1, 0.15) is 32.3 Å². The van der Waals surface area contributed by atoms with Crippen LogP contribution in [-0.2, 0) is 6.54 Å². The van der Waals surface area contributed by atoms with Crippen LogP contribution in [0.25, 0.3) is 0 Å². The molecule has 0 saturated carbocycles. The van der Waals surface area contributed by atoms with Crippen LogP contribution in [0, 0.1) is 5.92 Å². The summed E-state index contributed by atoms with van der Waals surface area (Å²) in [6.45, 7) is 8.99. The molecule has 3 heteroatoms. The number of halogens is 1. The molecule has 1 aromatic carbocycles. The van der Waals surface area contributed by atoms with Gasteiger partial charge in [-0.25, -0.2) is 0 Å². The Morgan fingerprint density at radius 1 is 1.44 bits per heavy atom. The van der Waals surface area contributed by atoms with Gasteiger partial charge in [0.25, 0.3) is 0 Å². The second-order valence-electron chi connectivity index (χ2n) is 5.29. The standard InChI is InChI=1S/C15H23BrN2/c1-3-7-17-10-13-9-14(16)4-5-15(13)18-8-6-12(2)11-18/h4-5,9,12,17H,3,6-8,10-11H2,1-2H3. The third kappa shape index (κ3) is 3.48. The van der Waals surface area contributed by atoms with E-state index in [4.69, 9.17) is 0 Å². The van der Waals surface area contributed by atoms with Crippen LogP contribution in [-0.4, -0.2) is 19.6 Å². The maximum atomic E-state index is 3.58. The van der Waals surface area contributed by atoms with Crippen molar-refractivity contribution in [2.24, 2.45) is 5.92 Å². The molecule has 0 radical (unpaired) electrons. The molecule has 18 heavy (non-hydrogen) atoms. The second-order valence-corrected chi connectivity index (χ2v) is 6.21. The van der Waals surface area contributed by atoms with Gasteiger partial charge in [0.2, 0.25) is 0 Å². The smallest absolute Gasteiger partial charge is 0.0412 e. The summed E-state index contributed by atoms with van der Waals surface area (Å²) >= 11 is 3.58. The lowest BCUT2D eigenvalue weighted by molar-refractivity contribution is 0.657. The van der Waals surface area contributed by atoms with Crippen molar-refractivity contribution < 1.29 is 0 Å². The van der Waals surface area contributed by atoms with E-state index in [-0.39, 0.29) is 0 Å². The van der Waals surface area contributed by atoms with Gasteiger partial charge in [0.1, 0.15) is 0 Å². The molecular formula is C15H23BrN2. The summed E-state index contributed by atoms with van der Waals surface area (Å²) in [5, 5.41) is 3.51. The number of anilines is 1. The molecule has 0 aromatic heterocycles. The molecule has 100 valence electrons. The van der Waals surface area contributed by atoms with E-state index in [1.54, 1.807) is 0 Å². The van der Waals surface area contributed by atoms with Crippen LogP contribution in [0.3, 0.4) is 0 Å². The molecule has 1 heterocycles. The van der Waals surface area contributed by atoms with Gasteiger partial charge in [0, 0.05) is 29.8 Å². The second kappa shape index (κ2) is 6.58. The molecule has 1 atom stereocenters. The van der Waals surface area contributed by atoms with Gasteiger partial charge >= 0.3 is 0 Å². The SMILES string of the molecule is CCCNCc1cc(Br)ccc1N1CCC(C)C1. The van der Waals surface area contributed by atoms with Crippen LogP contribution in [0.5, 0.6) is 0 Å². The van der Waals surface area contributed by atoms with Crippen molar-refractivity contribution in [2.75, 3.05) is 24.5 Å². The van der Waals surface area contributed by atoms with E-state index in [2.05, 4.69) is 58.2 Å². The van der Waals surface area contributed by atoms with Crippen molar-refractivity contribution >= 4 is 21.6 Å². The monoisotopic (exact) mass is 310 g/mol. The van der Waals surface area contributed by atoms with Crippen LogP contribution in [0.2, 0.25) is 0 Å². The first kappa shape index (κ1) is 13.9. The van der Waals surface area contributed by atoms with Crippen molar-refractivity contribution in [1.29, 1.82) is 0 Å². The normalized spacial score (nSPS) is 19.5. The minimum absolute atomic E-state index is 0.824.